The molecule has 1 N–H and O–H groups in total. The van der Waals surface area contributed by atoms with E-state index >= 15 is 0 Å². The third kappa shape index (κ3) is 5.77. The summed E-state index contributed by atoms with van der Waals surface area (Å²) in [6.45, 7) is 0.544. The molecule has 0 spiro atoms. The molecule has 7 heteroatoms. The van der Waals surface area contributed by atoms with Crippen LogP contribution in [0.3, 0.4) is 0 Å². The van der Waals surface area contributed by atoms with E-state index in [9.17, 15) is 4.79 Å². The van der Waals surface area contributed by atoms with Crippen molar-refractivity contribution >= 4 is 52.4 Å². The van der Waals surface area contributed by atoms with Gasteiger partial charge >= 0.3 is 0 Å². The monoisotopic (exact) mass is 420 g/mol. The van der Waals surface area contributed by atoms with Crippen LogP contribution in [0.1, 0.15) is 15.2 Å². The van der Waals surface area contributed by atoms with Crippen molar-refractivity contribution in [2.75, 3.05) is 11.5 Å². The number of rotatable bonds is 8. The average Bonchev–Trinajstić information content (AvgIpc) is 3.19. The Bertz CT molecular complexity index is 838. The fourth-order valence-corrected chi connectivity index (χ4v) is 4.83. The number of thiophene rings is 1. The molecular weight excluding hydrogens is 404 g/mol. The van der Waals surface area contributed by atoms with E-state index in [1.807, 2.05) is 47.8 Å². The van der Waals surface area contributed by atoms with Gasteiger partial charge in [-0.15, -0.1) is 34.9 Å². The Morgan fingerprint density at radius 2 is 1.88 bits per heavy atom. The van der Waals surface area contributed by atoms with Crippen LogP contribution in [0, 0.1) is 0 Å². The van der Waals surface area contributed by atoms with Crippen LogP contribution in [0.2, 0.25) is 5.02 Å². The summed E-state index contributed by atoms with van der Waals surface area (Å²) in [5.74, 6) is 1.72. The second-order valence-corrected chi connectivity index (χ2v) is 8.99. The number of aromatic nitrogens is 1. The molecule has 0 aliphatic rings. The van der Waals surface area contributed by atoms with Crippen molar-refractivity contribution in [3.63, 3.8) is 0 Å². The molecule has 0 bridgehead atoms. The van der Waals surface area contributed by atoms with Crippen LogP contribution in [0.25, 0.3) is 0 Å². The quantitative estimate of drug-likeness (QED) is 0.380. The van der Waals surface area contributed by atoms with Crippen molar-refractivity contribution in [2.24, 2.45) is 0 Å². The third-order valence-electron chi connectivity index (χ3n) is 3.42. The molecule has 0 fully saturated rings. The molecule has 0 aliphatic carbocycles. The Kier molecular flexibility index (Phi) is 7.43. The van der Waals surface area contributed by atoms with Crippen molar-refractivity contribution in [1.29, 1.82) is 0 Å². The summed E-state index contributed by atoms with van der Waals surface area (Å²) in [7, 11) is 0. The first-order chi connectivity index (χ1) is 12.7. The van der Waals surface area contributed by atoms with Crippen molar-refractivity contribution in [1.82, 2.24) is 10.3 Å². The minimum absolute atomic E-state index is 0.0839. The Balaban J connectivity index is 1.51. The van der Waals surface area contributed by atoms with E-state index in [4.69, 9.17) is 11.6 Å². The van der Waals surface area contributed by atoms with Crippen LogP contribution in [0.4, 0.5) is 0 Å². The van der Waals surface area contributed by atoms with E-state index in [2.05, 4.69) is 10.3 Å². The summed E-state index contributed by atoms with van der Waals surface area (Å²) in [4.78, 5) is 19.2. The van der Waals surface area contributed by atoms with Gasteiger partial charge < -0.3 is 5.32 Å². The van der Waals surface area contributed by atoms with Gasteiger partial charge in [0.1, 0.15) is 5.03 Å². The van der Waals surface area contributed by atoms with Gasteiger partial charge in [0, 0.05) is 32.5 Å². The molecule has 3 nitrogen and oxygen atoms in total. The zero-order valence-electron chi connectivity index (χ0n) is 13.9. The zero-order chi connectivity index (χ0) is 18.2. The van der Waals surface area contributed by atoms with Crippen LogP contribution in [0.5, 0.6) is 0 Å². The van der Waals surface area contributed by atoms with E-state index in [-0.39, 0.29) is 5.91 Å². The zero-order valence-corrected chi connectivity index (χ0v) is 17.1. The number of amides is 1. The summed E-state index contributed by atoms with van der Waals surface area (Å²) >= 11 is 10.9. The summed E-state index contributed by atoms with van der Waals surface area (Å²) in [5.41, 5.74) is 0.630. The molecule has 0 aliphatic heterocycles. The van der Waals surface area contributed by atoms with Crippen LogP contribution in [-0.2, 0) is 6.54 Å². The van der Waals surface area contributed by atoms with E-state index < -0.39 is 0 Å². The van der Waals surface area contributed by atoms with Crippen LogP contribution in [0.15, 0.2) is 70.0 Å². The number of carbonyl (C=O) groups is 1. The van der Waals surface area contributed by atoms with Crippen LogP contribution >= 0.6 is 46.5 Å². The lowest BCUT2D eigenvalue weighted by Gasteiger charge is -2.08. The number of hydrogen-bond acceptors (Lipinski definition) is 5. The first-order valence-electron chi connectivity index (χ1n) is 7.99. The molecule has 1 amide bonds. The number of benzene rings is 1. The number of carbonyl (C=O) groups excluding carboxylic acids is 1. The Labute approximate surface area is 170 Å². The topological polar surface area (TPSA) is 42.0 Å². The molecular formula is C19H17ClN2OS3. The van der Waals surface area contributed by atoms with Crippen LogP contribution < -0.4 is 5.32 Å². The van der Waals surface area contributed by atoms with E-state index in [0.29, 0.717) is 12.1 Å². The molecule has 3 aromatic rings. The summed E-state index contributed by atoms with van der Waals surface area (Å²) in [6.07, 6.45) is 1.73. The predicted octanol–water partition coefficient (Wildman–Crippen LogP) is 5.61. The fourth-order valence-electron chi connectivity index (χ4n) is 2.18. The molecule has 0 saturated heterocycles. The highest BCUT2D eigenvalue weighted by Gasteiger charge is 2.12. The van der Waals surface area contributed by atoms with Crippen LogP contribution in [-0.4, -0.2) is 22.4 Å². The molecule has 2 heterocycles. The number of nitrogens with zero attached hydrogens (tertiary/aromatic N) is 1. The first kappa shape index (κ1) is 19.3. The van der Waals surface area contributed by atoms with Gasteiger partial charge in [-0.25, -0.2) is 4.98 Å². The smallest absolute Gasteiger partial charge is 0.254 e. The highest BCUT2D eigenvalue weighted by atomic mass is 35.5. The summed E-state index contributed by atoms with van der Waals surface area (Å²) in [5, 5.41) is 6.49. The number of nitrogens with one attached hydrogen (secondary N) is 1. The van der Waals surface area contributed by atoms with Gasteiger partial charge in [-0.05, 0) is 47.8 Å². The highest BCUT2D eigenvalue weighted by Crippen LogP contribution is 2.25. The van der Waals surface area contributed by atoms with E-state index in [1.54, 1.807) is 47.1 Å². The molecule has 0 atom stereocenters. The number of hydrogen-bond donors (Lipinski definition) is 1. The molecule has 134 valence electrons. The largest absolute Gasteiger partial charge is 0.347 e. The minimum atomic E-state index is -0.0839. The lowest BCUT2D eigenvalue weighted by molar-refractivity contribution is 0.0947. The average molecular weight is 421 g/mol. The Morgan fingerprint density at radius 3 is 2.65 bits per heavy atom. The maximum atomic E-state index is 12.5. The molecule has 3 rings (SSSR count). The van der Waals surface area contributed by atoms with Gasteiger partial charge in [0.2, 0.25) is 0 Å². The fraction of sp³-hybridized carbons (Fsp3) is 0.158. The molecule has 2 aromatic heterocycles. The molecule has 1 aromatic carbocycles. The third-order valence-corrected chi connectivity index (χ3v) is 6.83. The second-order valence-electron chi connectivity index (χ2n) is 5.27. The van der Waals surface area contributed by atoms with Crippen molar-refractivity contribution in [3.8, 4) is 0 Å². The van der Waals surface area contributed by atoms with Gasteiger partial charge in [-0.2, -0.15) is 0 Å². The molecule has 0 radical (unpaired) electrons. The standard InChI is InChI=1S/C19H17ClN2OS3/c20-14-5-7-15(8-6-14)25-11-12-26-19-17(4-1-9-21-19)18(23)22-13-16-3-2-10-24-16/h1-10H,11-13H2,(H,22,23). The number of halogens is 1. The second kappa shape index (κ2) is 10.0. The predicted molar refractivity (Wildman–Crippen MR) is 113 cm³/mol. The van der Waals surface area contributed by atoms with Crippen molar-refractivity contribution in [2.45, 2.75) is 16.5 Å². The lowest BCUT2D eigenvalue weighted by Crippen LogP contribution is -2.23. The summed E-state index contributed by atoms with van der Waals surface area (Å²) < 4.78 is 0. The van der Waals surface area contributed by atoms with Gasteiger partial charge in [-0.1, -0.05) is 17.7 Å². The normalized spacial score (nSPS) is 10.7. The Morgan fingerprint density at radius 1 is 1.08 bits per heavy atom. The highest BCUT2D eigenvalue weighted by molar-refractivity contribution is 8.03. The Hall–Kier alpha value is -1.47. The van der Waals surface area contributed by atoms with Crippen molar-refractivity contribution in [3.05, 3.63) is 75.6 Å². The molecule has 0 unspecified atom stereocenters. The van der Waals surface area contributed by atoms with Gasteiger partial charge in [-0.3, -0.25) is 4.79 Å². The maximum Gasteiger partial charge on any atom is 0.254 e. The number of pyridine rings is 1. The van der Waals surface area contributed by atoms with Gasteiger partial charge in [0.15, 0.2) is 0 Å². The van der Waals surface area contributed by atoms with Gasteiger partial charge in [0.25, 0.3) is 5.91 Å². The summed E-state index contributed by atoms with van der Waals surface area (Å²) in [6, 6.07) is 15.4. The maximum absolute atomic E-state index is 12.5. The molecule has 26 heavy (non-hydrogen) atoms. The van der Waals surface area contributed by atoms with E-state index in [1.165, 1.54) is 4.90 Å². The SMILES string of the molecule is O=C(NCc1cccs1)c1cccnc1SCCSc1ccc(Cl)cc1. The van der Waals surface area contributed by atoms with Crippen molar-refractivity contribution < 1.29 is 4.79 Å². The van der Waals surface area contributed by atoms with Gasteiger partial charge in [0.05, 0.1) is 12.1 Å². The van der Waals surface area contributed by atoms with E-state index in [0.717, 1.165) is 26.4 Å². The lowest BCUT2D eigenvalue weighted by atomic mass is 10.2. The minimum Gasteiger partial charge on any atom is -0.347 e. The first-order valence-corrected chi connectivity index (χ1v) is 11.2. The molecule has 0 saturated carbocycles. The number of thioether (sulfide) groups is 2.